The van der Waals surface area contributed by atoms with Gasteiger partial charge in [0.05, 0.1) is 31.0 Å². The zero-order valence-corrected chi connectivity index (χ0v) is 17.9. The van der Waals surface area contributed by atoms with Crippen molar-refractivity contribution in [1.29, 1.82) is 0 Å². The number of carbonyl (C=O) groups is 2. The number of hydrogen-bond acceptors (Lipinski definition) is 5. The molecular weight excluding hydrogens is 396 g/mol. The van der Waals surface area contributed by atoms with E-state index in [0.29, 0.717) is 42.3 Å². The average Bonchev–Trinajstić information content (AvgIpc) is 3.57. The van der Waals surface area contributed by atoms with Crippen molar-refractivity contribution >= 4 is 17.5 Å². The predicted octanol–water partition coefficient (Wildman–Crippen LogP) is 3.52. The first-order valence-corrected chi connectivity index (χ1v) is 10.7. The van der Waals surface area contributed by atoms with E-state index < -0.39 is 0 Å². The maximum Gasteiger partial charge on any atom is 0.257 e. The molecule has 1 heterocycles. The van der Waals surface area contributed by atoms with Gasteiger partial charge in [-0.1, -0.05) is 18.2 Å². The summed E-state index contributed by atoms with van der Waals surface area (Å²) < 4.78 is 11.1. The van der Waals surface area contributed by atoms with E-state index in [-0.39, 0.29) is 30.4 Å². The summed E-state index contributed by atoms with van der Waals surface area (Å²) in [5.41, 5.74) is 2.84. The minimum Gasteiger partial charge on any atom is -0.493 e. The predicted molar refractivity (Wildman–Crippen MR) is 116 cm³/mol. The number of aliphatic hydroxyl groups excluding tert-OH is 1. The van der Waals surface area contributed by atoms with E-state index >= 15 is 0 Å². The third-order valence-corrected chi connectivity index (χ3v) is 5.82. The molecule has 1 aliphatic heterocycles. The number of anilines is 1. The second-order valence-corrected chi connectivity index (χ2v) is 7.91. The van der Waals surface area contributed by atoms with Gasteiger partial charge in [0.1, 0.15) is 0 Å². The SMILES string of the molecule is CCOc1cc([C@H](CCO)N2Cc3cccc(NC(=O)C4CC4)c3C2=O)ccc1OC. The number of nitrogens with one attached hydrogen (secondary N) is 1. The fourth-order valence-electron chi connectivity index (χ4n) is 4.11. The Morgan fingerprint density at radius 1 is 1.26 bits per heavy atom. The van der Waals surface area contributed by atoms with Crippen LogP contribution in [0.3, 0.4) is 0 Å². The highest BCUT2D eigenvalue weighted by molar-refractivity contribution is 6.07. The lowest BCUT2D eigenvalue weighted by atomic mass is 10.0. The Hall–Kier alpha value is -3.06. The topological polar surface area (TPSA) is 88.1 Å². The highest BCUT2D eigenvalue weighted by Gasteiger charge is 2.37. The second-order valence-electron chi connectivity index (χ2n) is 7.91. The maximum absolute atomic E-state index is 13.4. The minimum atomic E-state index is -0.331. The van der Waals surface area contributed by atoms with Crippen molar-refractivity contribution in [3.8, 4) is 11.5 Å². The Kier molecular flexibility index (Phi) is 6.13. The maximum atomic E-state index is 13.4. The van der Waals surface area contributed by atoms with Crippen molar-refractivity contribution in [3.63, 3.8) is 0 Å². The van der Waals surface area contributed by atoms with Crippen LogP contribution in [0.4, 0.5) is 5.69 Å². The van der Waals surface area contributed by atoms with Crippen LogP contribution < -0.4 is 14.8 Å². The van der Waals surface area contributed by atoms with Crippen molar-refractivity contribution in [2.75, 3.05) is 25.6 Å². The molecule has 31 heavy (non-hydrogen) atoms. The summed E-state index contributed by atoms with van der Waals surface area (Å²) in [5, 5.41) is 12.7. The van der Waals surface area contributed by atoms with E-state index in [1.165, 1.54) is 0 Å². The fourth-order valence-corrected chi connectivity index (χ4v) is 4.11. The molecular formula is C24H28N2O5. The summed E-state index contributed by atoms with van der Waals surface area (Å²) in [7, 11) is 1.58. The Bertz CT molecular complexity index is 986. The molecule has 1 saturated carbocycles. The van der Waals surface area contributed by atoms with Gasteiger partial charge < -0.3 is 24.8 Å². The van der Waals surface area contributed by atoms with Crippen LogP contribution in [0.15, 0.2) is 36.4 Å². The Balaban J connectivity index is 1.64. The van der Waals surface area contributed by atoms with Gasteiger partial charge in [-0.15, -0.1) is 0 Å². The van der Waals surface area contributed by atoms with Crippen LogP contribution in [-0.4, -0.2) is 42.1 Å². The first kappa shape index (κ1) is 21.2. The van der Waals surface area contributed by atoms with Crippen molar-refractivity contribution in [3.05, 3.63) is 53.1 Å². The molecule has 2 aliphatic rings. The van der Waals surface area contributed by atoms with Crippen molar-refractivity contribution < 1.29 is 24.2 Å². The molecule has 2 aromatic carbocycles. The summed E-state index contributed by atoms with van der Waals surface area (Å²) in [6.07, 6.45) is 2.19. The lowest BCUT2D eigenvalue weighted by molar-refractivity contribution is -0.117. The number of fused-ring (bicyclic) bond motifs is 1. The molecule has 2 aromatic rings. The third-order valence-electron chi connectivity index (χ3n) is 5.82. The molecule has 0 unspecified atom stereocenters. The van der Waals surface area contributed by atoms with E-state index in [9.17, 15) is 14.7 Å². The van der Waals surface area contributed by atoms with Gasteiger partial charge in [0.25, 0.3) is 5.91 Å². The van der Waals surface area contributed by atoms with Crippen molar-refractivity contribution in [2.45, 2.75) is 38.8 Å². The molecule has 1 fully saturated rings. The molecule has 2 N–H and O–H groups in total. The van der Waals surface area contributed by atoms with Crippen LogP contribution in [-0.2, 0) is 11.3 Å². The van der Waals surface area contributed by atoms with Gasteiger partial charge in [0.15, 0.2) is 11.5 Å². The number of amides is 2. The number of carbonyl (C=O) groups excluding carboxylic acids is 2. The first-order valence-electron chi connectivity index (χ1n) is 10.7. The molecule has 7 heteroatoms. The molecule has 0 saturated heterocycles. The minimum absolute atomic E-state index is 0.0249. The number of hydrogen-bond donors (Lipinski definition) is 2. The molecule has 1 atom stereocenters. The summed E-state index contributed by atoms with van der Waals surface area (Å²) in [6, 6.07) is 10.8. The average molecular weight is 424 g/mol. The van der Waals surface area contributed by atoms with E-state index in [1.54, 1.807) is 18.1 Å². The highest BCUT2D eigenvalue weighted by Crippen LogP contribution is 2.39. The smallest absolute Gasteiger partial charge is 0.257 e. The number of rotatable bonds is 9. The standard InChI is InChI=1S/C24H28N2O5/c1-3-31-21-13-16(9-10-20(21)30-2)19(11-12-27)26-14-17-5-4-6-18(22(17)24(26)29)25-23(28)15-7-8-15/h4-6,9-10,13,15,19,27H,3,7-8,11-12,14H2,1-2H3,(H,25,28)/t19-/m0/s1. The summed E-state index contributed by atoms with van der Waals surface area (Å²) in [6.45, 7) is 2.74. The quantitative estimate of drug-likeness (QED) is 0.643. The van der Waals surface area contributed by atoms with Crippen LogP contribution in [0.2, 0.25) is 0 Å². The van der Waals surface area contributed by atoms with Crippen molar-refractivity contribution in [2.24, 2.45) is 5.92 Å². The second kappa shape index (κ2) is 8.98. The summed E-state index contributed by atoms with van der Waals surface area (Å²) >= 11 is 0. The van der Waals surface area contributed by atoms with Gasteiger partial charge >= 0.3 is 0 Å². The molecule has 4 rings (SSSR count). The number of nitrogens with zero attached hydrogens (tertiary/aromatic N) is 1. The van der Waals surface area contributed by atoms with E-state index in [4.69, 9.17) is 9.47 Å². The van der Waals surface area contributed by atoms with Gasteiger partial charge in [-0.2, -0.15) is 0 Å². The highest BCUT2D eigenvalue weighted by atomic mass is 16.5. The van der Waals surface area contributed by atoms with E-state index in [1.807, 2.05) is 37.3 Å². The Morgan fingerprint density at radius 3 is 2.74 bits per heavy atom. The van der Waals surface area contributed by atoms with Gasteiger partial charge in [0.2, 0.25) is 5.91 Å². The zero-order chi connectivity index (χ0) is 22.0. The third kappa shape index (κ3) is 4.23. The van der Waals surface area contributed by atoms with Crippen LogP contribution in [0.1, 0.15) is 53.7 Å². The van der Waals surface area contributed by atoms with Crippen molar-refractivity contribution in [1.82, 2.24) is 4.90 Å². The van der Waals surface area contributed by atoms with Gasteiger partial charge in [-0.3, -0.25) is 9.59 Å². The summed E-state index contributed by atoms with van der Waals surface area (Å²) in [5.74, 6) is 1.11. The van der Waals surface area contributed by atoms with Crippen LogP contribution in [0, 0.1) is 5.92 Å². The molecule has 7 nitrogen and oxygen atoms in total. The van der Waals surface area contributed by atoms with E-state index in [2.05, 4.69) is 5.32 Å². The van der Waals surface area contributed by atoms with Gasteiger partial charge in [0, 0.05) is 19.1 Å². The molecule has 2 amide bonds. The van der Waals surface area contributed by atoms with E-state index in [0.717, 1.165) is 24.0 Å². The monoisotopic (exact) mass is 424 g/mol. The Morgan fingerprint density at radius 2 is 2.06 bits per heavy atom. The number of methoxy groups -OCH3 is 1. The van der Waals surface area contributed by atoms with Gasteiger partial charge in [-0.05, 0) is 55.5 Å². The van der Waals surface area contributed by atoms with Crippen LogP contribution in [0.5, 0.6) is 11.5 Å². The van der Waals surface area contributed by atoms with Gasteiger partial charge in [-0.25, -0.2) is 0 Å². The van der Waals surface area contributed by atoms with Crippen LogP contribution in [0.25, 0.3) is 0 Å². The lowest BCUT2D eigenvalue weighted by Gasteiger charge is -2.28. The molecule has 0 aromatic heterocycles. The van der Waals surface area contributed by atoms with Crippen LogP contribution >= 0.6 is 0 Å². The molecule has 164 valence electrons. The molecule has 0 spiro atoms. The lowest BCUT2D eigenvalue weighted by Crippen LogP contribution is -2.30. The largest absolute Gasteiger partial charge is 0.493 e. The number of benzene rings is 2. The molecule has 1 aliphatic carbocycles. The number of ether oxygens (including phenoxy) is 2. The zero-order valence-electron chi connectivity index (χ0n) is 17.9. The normalized spacial score (nSPS) is 16.1. The fraction of sp³-hybridized carbons (Fsp3) is 0.417. The first-order chi connectivity index (χ1) is 15.1. The molecule has 0 radical (unpaired) electrons. The molecule has 0 bridgehead atoms. The Labute approximate surface area is 182 Å². The number of aliphatic hydroxyl groups is 1. The summed E-state index contributed by atoms with van der Waals surface area (Å²) in [4.78, 5) is 27.5.